The molecule has 2 rings (SSSR count). The van der Waals surface area contributed by atoms with E-state index in [1.54, 1.807) is 13.0 Å². The van der Waals surface area contributed by atoms with Crippen molar-refractivity contribution in [3.05, 3.63) is 66.8 Å². The summed E-state index contributed by atoms with van der Waals surface area (Å²) >= 11 is 12.9. The molecule has 0 saturated heterocycles. The van der Waals surface area contributed by atoms with Crippen LogP contribution in [-0.4, -0.2) is 0 Å². The molecule has 0 radical (unpaired) electrons. The summed E-state index contributed by atoms with van der Waals surface area (Å²) in [6.07, 6.45) is 0. The molecule has 0 bridgehead atoms. The van der Waals surface area contributed by atoms with Gasteiger partial charge in [-0.05, 0) is 53.9 Å². The van der Waals surface area contributed by atoms with Gasteiger partial charge in [0.1, 0.15) is 5.82 Å². The minimum atomic E-state index is -0.402. The van der Waals surface area contributed by atoms with E-state index in [0.29, 0.717) is 16.1 Å². The van der Waals surface area contributed by atoms with Gasteiger partial charge in [-0.2, -0.15) is 0 Å². The first kappa shape index (κ1) is 15.0. The molecule has 19 heavy (non-hydrogen) atoms. The number of aryl methyl sites for hydroxylation is 1. The second-order valence-electron chi connectivity index (χ2n) is 4.30. The topological polar surface area (TPSA) is 26.0 Å². The van der Waals surface area contributed by atoms with Crippen molar-refractivity contribution < 1.29 is 4.39 Å². The van der Waals surface area contributed by atoms with Crippen LogP contribution in [0.2, 0.25) is 5.02 Å². The molecule has 5 heteroatoms. The van der Waals surface area contributed by atoms with Gasteiger partial charge in [0.05, 0.1) is 6.04 Å². The minimum absolute atomic E-state index is 0.323. The Morgan fingerprint density at radius 3 is 2.26 bits per heavy atom. The molecule has 1 atom stereocenters. The molecule has 0 aliphatic heterocycles. The third-order valence-corrected chi connectivity index (χ3v) is 4.10. The Balaban J connectivity index is 2.49. The number of rotatable bonds is 2. The first-order chi connectivity index (χ1) is 8.88. The van der Waals surface area contributed by atoms with E-state index in [0.717, 1.165) is 14.5 Å². The van der Waals surface area contributed by atoms with Gasteiger partial charge >= 0.3 is 0 Å². The lowest BCUT2D eigenvalue weighted by Gasteiger charge is -2.16. The van der Waals surface area contributed by atoms with Gasteiger partial charge < -0.3 is 5.73 Å². The lowest BCUT2D eigenvalue weighted by molar-refractivity contribution is 0.617. The van der Waals surface area contributed by atoms with Crippen molar-refractivity contribution in [1.29, 1.82) is 0 Å². The maximum Gasteiger partial charge on any atom is 0.127 e. The Morgan fingerprint density at radius 2 is 1.68 bits per heavy atom. The molecule has 100 valence electrons. The Labute approximate surface area is 133 Å². The lowest BCUT2D eigenvalue weighted by atomic mass is 9.98. The molecule has 0 spiro atoms. The van der Waals surface area contributed by atoms with Crippen molar-refractivity contribution >= 4 is 43.5 Å². The Hall–Kier alpha value is -0.420. The second kappa shape index (κ2) is 5.92. The van der Waals surface area contributed by atoms with Crippen molar-refractivity contribution in [3.8, 4) is 0 Å². The van der Waals surface area contributed by atoms with Gasteiger partial charge in [-0.15, -0.1) is 0 Å². The molecule has 0 saturated carbocycles. The van der Waals surface area contributed by atoms with E-state index in [4.69, 9.17) is 17.3 Å². The van der Waals surface area contributed by atoms with Crippen LogP contribution >= 0.6 is 43.5 Å². The SMILES string of the molecule is Cc1cc(C(N)c2cc(Br)cc(Br)c2)c(Cl)cc1F. The number of hydrogen-bond donors (Lipinski definition) is 1. The molecule has 0 aliphatic carbocycles. The van der Waals surface area contributed by atoms with Crippen LogP contribution in [0.4, 0.5) is 4.39 Å². The van der Waals surface area contributed by atoms with Gasteiger partial charge in [-0.3, -0.25) is 0 Å². The van der Waals surface area contributed by atoms with Crippen LogP contribution in [0, 0.1) is 12.7 Å². The highest BCUT2D eigenvalue weighted by Crippen LogP contribution is 2.31. The fourth-order valence-corrected chi connectivity index (χ4v) is 3.45. The molecule has 0 heterocycles. The van der Waals surface area contributed by atoms with E-state index >= 15 is 0 Å². The molecule has 2 aromatic carbocycles. The van der Waals surface area contributed by atoms with E-state index in [9.17, 15) is 4.39 Å². The smallest absolute Gasteiger partial charge is 0.127 e. The Bertz CT molecular complexity index is 611. The van der Waals surface area contributed by atoms with Crippen molar-refractivity contribution in [2.24, 2.45) is 5.73 Å². The predicted octanol–water partition coefficient (Wildman–Crippen LogP) is 5.36. The van der Waals surface area contributed by atoms with E-state index in [-0.39, 0.29) is 5.82 Å². The highest BCUT2D eigenvalue weighted by Gasteiger charge is 2.15. The zero-order chi connectivity index (χ0) is 14.2. The summed E-state index contributed by atoms with van der Waals surface area (Å²) in [6, 6.07) is 8.36. The molecule has 0 fully saturated rings. The largest absolute Gasteiger partial charge is 0.320 e. The number of halogens is 4. The fourth-order valence-electron chi connectivity index (χ4n) is 1.85. The molecule has 0 aliphatic rings. The summed E-state index contributed by atoms with van der Waals surface area (Å²) in [4.78, 5) is 0. The molecule has 1 nitrogen and oxygen atoms in total. The van der Waals surface area contributed by atoms with Crippen LogP contribution in [0.1, 0.15) is 22.7 Å². The predicted molar refractivity (Wildman–Crippen MR) is 84.0 cm³/mol. The van der Waals surface area contributed by atoms with Crippen molar-refractivity contribution in [3.63, 3.8) is 0 Å². The van der Waals surface area contributed by atoms with Crippen LogP contribution < -0.4 is 5.73 Å². The van der Waals surface area contributed by atoms with E-state index in [1.165, 1.54) is 6.07 Å². The summed E-state index contributed by atoms with van der Waals surface area (Å²) in [6.45, 7) is 1.69. The standard InChI is InChI=1S/C14H11Br2ClFN/c1-7-2-11(12(17)6-13(7)18)14(19)8-3-9(15)5-10(16)4-8/h2-6,14H,19H2,1H3. The van der Waals surface area contributed by atoms with Crippen molar-refractivity contribution in [2.75, 3.05) is 0 Å². The molecule has 0 amide bonds. The summed E-state index contributed by atoms with van der Waals surface area (Å²) in [7, 11) is 0. The second-order valence-corrected chi connectivity index (χ2v) is 6.54. The molecule has 0 aromatic heterocycles. The van der Waals surface area contributed by atoms with E-state index < -0.39 is 6.04 Å². The number of nitrogens with two attached hydrogens (primary N) is 1. The first-order valence-corrected chi connectivity index (χ1v) is 7.52. The first-order valence-electron chi connectivity index (χ1n) is 5.55. The maximum absolute atomic E-state index is 13.4. The van der Waals surface area contributed by atoms with Gasteiger partial charge in [0.25, 0.3) is 0 Å². The summed E-state index contributed by atoms with van der Waals surface area (Å²) in [5, 5.41) is 0.340. The van der Waals surface area contributed by atoms with Crippen LogP contribution in [0.5, 0.6) is 0 Å². The number of benzene rings is 2. The van der Waals surface area contributed by atoms with Crippen molar-refractivity contribution in [1.82, 2.24) is 0 Å². The van der Waals surface area contributed by atoms with Gasteiger partial charge in [-0.1, -0.05) is 43.5 Å². The summed E-state index contributed by atoms with van der Waals surface area (Å²) in [5.41, 5.74) is 8.37. The zero-order valence-electron chi connectivity index (χ0n) is 10.1. The van der Waals surface area contributed by atoms with Crippen LogP contribution in [-0.2, 0) is 0 Å². The molecule has 2 N–H and O–H groups in total. The molecule has 1 unspecified atom stereocenters. The highest BCUT2D eigenvalue weighted by molar-refractivity contribution is 9.11. The molecule has 2 aromatic rings. The van der Waals surface area contributed by atoms with Gasteiger partial charge in [0, 0.05) is 14.0 Å². The van der Waals surface area contributed by atoms with Crippen molar-refractivity contribution in [2.45, 2.75) is 13.0 Å². The Kier molecular flexibility index (Phi) is 4.66. The van der Waals surface area contributed by atoms with Gasteiger partial charge in [0.15, 0.2) is 0 Å². The average molecular weight is 408 g/mol. The minimum Gasteiger partial charge on any atom is -0.320 e. The van der Waals surface area contributed by atoms with Crippen LogP contribution in [0.15, 0.2) is 39.3 Å². The lowest BCUT2D eigenvalue weighted by Crippen LogP contribution is -2.13. The molecular weight excluding hydrogens is 396 g/mol. The van der Waals surface area contributed by atoms with Gasteiger partial charge in [-0.25, -0.2) is 4.39 Å². The van der Waals surface area contributed by atoms with Crippen LogP contribution in [0.3, 0.4) is 0 Å². The quantitative estimate of drug-likeness (QED) is 0.713. The number of hydrogen-bond acceptors (Lipinski definition) is 1. The van der Waals surface area contributed by atoms with E-state index in [1.807, 2.05) is 18.2 Å². The van der Waals surface area contributed by atoms with E-state index in [2.05, 4.69) is 31.9 Å². The monoisotopic (exact) mass is 405 g/mol. The third kappa shape index (κ3) is 3.37. The Morgan fingerprint density at radius 1 is 1.11 bits per heavy atom. The maximum atomic E-state index is 13.4. The normalized spacial score (nSPS) is 12.5. The third-order valence-electron chi connectivity index (χ3n) is 2.86. The molecular formula is C14H11Br2ClFN. The van der Waals surface area contributed by atoms with Crippen LogP contribution in [0.25, 0.3) is 0 Å². The summed E-state index contributed by atoms with van der Waals surface area (Å²) in [5.74, 6) is -0.323. The fraction of sp³-hybridized carbons (Fsp3) is 0.143. The van der Waals surface area contributed by atoms with Gasteiger partial charge in [0.2, 0.25) is 0 Å². The average Bonchev–Trinajstić information content (AvgIpc) is 2.31. The highest BCUT2D eigenvalue weighted by atomic mass is 79.9. The summed E-state index contributed by atoms with van der Waals surface area (Å²) < 4.78 is 15.3. The zero-order valence-corrected chi connectivity index (χ0v) is 14.0.